The summed E-state index contributed by atoms with van der Waals surface area (Å²) >= 11 is 6.09. The fourth-order valence-electron chi connectivity index (χ4n) is 1.61. The average molecular weight is 278 g/mol. The Morgan fingerprint density at radius 2 is 1.95 bits per heavy atom. The van der Waals surface area contributed by atoms with Gasteiger partial charge in [0, 0.05) is 23.2 Å². The van der Waals surface area contributed by atoms with E-state index >= 15 is 0 Å². The predicted octanol–water partition coefficient (Wildman–Crippen LogP) is 3.03. The molecule has 100 valence electrons. The first-order valence-corrected chi connectivity index (χ1v) is 6.38. The van der Waals surface area contributed by atoms with Crippen LogP contribution in [0.3, 0.4) is 0 Å². The number of nitrogens with two attached hydrogens (primary N) is 1. The normalized spacial score (nSPS) is 10.3. The third kappa shape index (κ3) is 3.33. The number of hydrogen-bond donors (Lipinski definition) is 3. The zero-order valence-corrected chi connectivity index (χ0v) is 11.6. The highest BCUT2D eigenvalue weighted by molar-refractivity contribution is 6.31. The standard InChI is InChI=1S/C13H16ClN5/c1-3-11-17-12(7-13(18-11)19-15)16-9-5-4-8(2)10(14)6-9/h4-7H,3,15H2,1-2H3,(H2,16,17,18,19). The van der Waals surface area contributed by atoms with Crippen molar-refractivity contribution in [1.82, 2.24) is 9.97 Å². The monoisotopic (exact) mass is 277 g/mol. The highest BCUT2D eigenvalue weighted by atomic mass is 35.5. The van der Waals surface area contributed by atoms with Gasteiger partial charge in [-0.25, -0.2) is 15.8 Å². The molecule has 0 amide bonds. The van der Waals surface area contributed by atoms with Crippen LogP contribution in [0.5, 0.6) is 0 Å². The summed E-state index contributed by atoms with van der Waals surface area (Å²) < 4.78 is 0. The zero-order valence-electron chi connectivity index (χ0n) is 10.9. The lowest BCUT2D eigenvalue weighted by Crippen LogP contribution is -2.11. The van der Waals surface area contributed by atoms with E-state index in [4.69, 9.17) is 17.4 Å². The highest BCUT2D eigenvalue weighted by Gasteiger charge is 2.04. The van der Waals surface area contributed by atoms with Crippen LogP contribution < -0.4 is 16.6 Å². The van der Waals surface area contributed by atoms with Crippen molar-refractivity contribution in [3.8, 4) is 0 Å². The van der Waals surface area contributed by atoms with Crippen molar-refractivity contribution in [3.63, 3.8) is 0 Å². The van der Waals surface area contributed by atoms with Crippen molar-refractivity contribution in [1.29, 1.82) is 0 Å². The summed E-state index contributed by atoms with van der Waals surface area (Å²) in [4.78, 5) is 8.62. The molecule has 0 aliphatic rings. The number of nitrogens with zero attached hydrogens (tertiary/aromatic N) is 2. The molecule has 0 atom stereocenters. The topological polar surface area (TPSA) is 75.9 Å². The van der Waals surface area contributed by atoms with Gasteiger partial charge in [0.1, 0.15) is 17.5 Å². The molecular weight excluding hydrogens is 262 g/mol. The van der Waals surface area contributed by atoms with Gasteiger partial charge in [-0.1, -0.05) is 24.6 Å². The van der Waals surface area contributed by atoms with E-state index in [1.54, 1.807) is 6.07 Å². The van der Waals surface area contributed by atoms with Gasteiger partial charge in [0.2, 0.25) is 0 Å². The zero-order chi connectivity index (χ0) is 13.8. The molecule has 2 aromatic rings. The van der Waals surface area contributed by atoms with Crippen LogP contribution in [-0.4, -0.2) is 9.97 Å². The van der Waals surface area contributed by atoms with Crippen LogP contribution in [0.25, 0.3) is 0 Å². The van der Waals surface area contributed by atoms with Gasteiger partial charge in [0.15, 0.2) is 0 Å². The summed E-state index contributed by atoms with van der Waals surface area (Å²) in [7, 11) is 0. The van der Waals surface area contributed by atoms with Crippen molar-refractivity contribution in [2.45, 2.75) is 20.3 Å². The van der Waals surface area contributed by atoms with Crippen LogP contribution in [0, 0.1) is 6.92 Å². The molecule has 0 fully saturated rings. The fraction of sp³-hybridized carbons (Fsp3) is 0.231. The summed E-state index contributed by atoms with van der Waals surface area (Å²) in [5.41, 5.74) is 4.44. The molecule has 0 bridgehead atoms. The van der Waals surface area contributed by atoms with E-state index in [1.807, 2.05) is 32.0 Å². The maximum atomic E-state index is 6.09. The van der Waals surface area contributed by atoms with Crippen molar-refractivity contribution < 1.29 is 0 Å². The van der Waals surface area contributed by atoms with E-state index in [2.05, 4.69) is 20.7 Å². The first-order valence-electron chi connectivity index (χ1n) is 6.00. The molecule has 1 aromatic carbocycles. The molecule has 1 heterocycles. The van der Waals surface area contributed by atoms with Crippen LogP contribution >= 0.6 is 11.6 Å². The molecular formula is C13H16ClN5. The molecule has 0 spiro atoms. The number of hydrazine groups is 1. The molecule has 1 aromatic heterocycles. The van der Waals surface area contributed by atoms with E-state index < -0.39 is 0 Å². The van der Waals surface area contributed by atoms with Gasteiger partial charge in [-0.15, -0.1) is 0 Å². The molecule has 19 heavy (non-hydrogen) atoms. The summed E-state index contributed by atoms with van der Waals surface area (Å²) in [5, 5.41) is 3.91. The van der Waals surface area contributed by atoms with Gasteiger partial charge >= 0.3 is 0 Å². The van der Waals surface area contributed by atoms with Crippen molar-refractivity contribution >= 4 is 28.9 Å². The number of nitrogens with one attached hydrogen (secondary N) is 2. The molecule has 0 saturated heterocycles. The summed E-state index contributed by atoms with van der Waals surface area (Å²) in [6, 6.07) is 7.51. The number of rotatable bonds is 4. The number of anilines is 3. The van der Waals surface area contributed by atoms with Crippen LogP contribution in [0.4, 0.5) is 17.3 Å². The lowest BCUT2D eigenvalue weighted by atomic mass is 10.2. The first kappa shape index (κ1) is 13.6. The third-order valence-electron chi connectivity index (χ3n) is 2.68. The lowest BCUT2D eigenvalue weighted by molar-refractivity contribution is 0.941. The minimum absolute atomic E-state index is 0.576. The fourth-order valence-corrected chi connectivity index (χ4v) is 1.79. The molecule has 6 heteroatoms. The SMILES string of the molecule is CCc1nc(NN)cc(Nc2ccc(C)c(Cl)c2)n1. The summed E-state index contributed by atoms with van der Waals surface area (Å²) in [6.45, 7) is 3.95. The Bertz CT molecular complexity index is 563. The Balaban J connectivity index is 2.29. The first-order chi connectivity index (χ1) is 9.12. The second-order valence-corrected chi connectivity index (χ2v) is 4.55. The molecule has 0 radical (unpaired) electrons. The lowest BCUT2D eigenvalue weighted by Gasteiger charge is -2.10. The number of nitrogen functional groups attached to an aromatic ring is 1. The van der Waals surface area contributed by atoms with Crippen LogP contribution in [0.2, 0.25) is 5.02 Å². The largest absolute Gasteiger partial charge is 0.340 e. The van der Waals surface area contributed by atoms with Crippen molar-refractivity contribution in [3.05, 3.63) is 40.7 Å². The van der Waals surface area contributed by atoms with E-state index in [-0.39, 0.29) is 0 Å². The van der Waals surface area contributed by atoms with Crippen LogP contribution in [0.1, 0.15) is 18.3 Å². The van der Waals surface area contributed by atoms with E-state index in [0.29, 0.717) is 16.7 Å². The molecule has 0 aliphatic heterocycles. The molecule has 0 unspecified atom stereocenters. The number of benzene rings is 1. The Kier molecular flexibility index (Phi) is 4.19. The maximum Gasteiger partial charge on any atom is 0.145 e. The Hall–Kier alpha value is -1.85. The quantitative estimate of drug-likeness (QED) is 0.592. The number of hydrogen-bond acceptors (Lipinski definition) is 5. The molecule has 2 rings (SSSR count). The smallest absolute Gasteiger partial charge is 0.145 e. The van der Waals surface area contributed by atoms with Gasteiger partial charge in [0.25, 0.3) is 0 Å². The number of halogens is 1. The minimum atomic E-state index is 0.576. The Morgan fingerprint density at radius 1 is 1.21 bits per heavy atom. The molecule has 0 aliphatic carbocycles. The average Bonchev–Trinajstić information content (AvgIpc) is 2.42. The second-order valence-electron chi connectivity index (χ2n) is 4.14. The van der Waals surface area contributed by atoms with Crippen LogP contribution in [-0.2, 0) is 6.42 Å². The molecule has 0 saturated carbocycles. The number of aromatic nitrogens is 2. The highest BCUT2D eigenvalue weighted by Crippen LogP contribution is 2.23. The minimum Gasteiger partial charge on any atom is -0.340 e. The summed E-state index contributed by atoms with van der Waals surface area (Å²) in [5.74, 6) is 7.37. The van der Waals surface area contributed by atoms with Gasteiger partial charge in [-0.05, 0) is 24.6 Å². The molecule has 4 N–H and O–H groups in total. The van der Waals surface area contributed by atoms with Crippen molar-refractivity contribution in [2.75, 3.05) is 10.7 Å². The van der Waals surface area contributed by atoms with Crippen molar-refractivity contribution in [2.24, 2.45) is 5.84 Å². The number of aryl methyl sites for hydroxylation is 2. The molecule has 5 nitrogen and oxygen atoms in total. The second kappa shape index (κ2) is 5.86. The maximum absolute atomic E-state index is 6.09. The predicted molar refractivity (Wildman–Crippen MR) is 78.7 cm³/mol. The van der Waals surface area contributed by atoms with E-state index in [1.165, 1.54) is 0 Å². The Morgan fingerprint density at radius 3 is 2.58 bits per heavy atom. The Labute approximate surface area is 117 Å². The summed E-state index contributed by atoms with van der Waals surface area (Å²) in [6.07, 6.45) is 0.735. The van der Waals surface area contributed by atoms with Gasteiger partial charge in [-0.3, -0.25) is 0 Å². The van der Waals surface area contributed by atoms with Crippen LogP contribution in [0.15, 0.2) is 24.3 Å². The van der Waals surface area contributed by atoms with E-state index in [9.17, 15) is 0 Å². The van der Waals surface area contributed by atoms with Gasteiger partial charge in [0.05, 0.1) is 0 Å². The van der Waals surface area contributed by atoms with Gasteiger partial charge in [-0.2, -0.15) is 0 Å². The third-order valence-corrected chi connectivity index (χ3v) is 3.09. The van der Waals surface area contributed by atoms with E-state index in [0.717, 1.165) is 23.5 Å². The van der Waals surface area contributed by atoms with Gasteiger partial charge < -0.3 is 10.7 Å².